The SMILES string of the molecule is Fc1ccc(-c2csc3ncnc([S-])c23)cc1. The maximum Gasteiger partial charge on any atom is 0.125 e. The second-order valence-corrected chi connectivity index (χ2v) is 4.76. The summed E-state index contributed by atoms with van der Waals surface area (Å²) in [6.45, 7) is 0. The molecule has 1 aromatic carbocycles. The normalized spacial score (nSPS) is 10.9. The van der Waals surface area contributed by atoms with E-state index in [-0.39, 0.29) is 5.82 Å². The molecule has 0 aliphatic heterocycles. The molecule has 17 heavy (non-hydrogen) atoms. The molecule has 0 unspecified atom stereocenters. The first kappa shape index (κ1) is 10.6. The van der Waals surface area contributed by atoms with Crippen LogP contribution in [0.3, 0.4) is 0 Å². The van der Waals surface area contributed by atoms with E-state index in [9.17, 15) is 4.39 Å². The molecule has 0 fully saturated rings. The number of fused-ring (bicyclic) bond motifs is 1. The fraction of sp³-hybridized carbons (Fsp3) is 0. The number of nitrogens with zero attached hydrogens (tertiary/aromatic N) is 2. The lowest BCUT2D eigenvalue weighted by atomic mass is 10.1. The summed E-state index contributed by atoms with van der Waals surface area (Å²) in [5.41, 5.74) is 1.90. The molecule has 3 rings (SSSR count). The molecule has 0 N–H and O–H groups in total. The average Bonchev–Trinajstić information content (AvgIpc) is 2.75. The molecule has 5 heteroatoms. The molecule has 0 aliphatic carbocycles. The zero-order valence-corrected chi connectivity index (χ0v) is 10.2. The van der Waals surface area contributed by atoms with E-state index >= 15 is 0 Å². The quantitative estimate of drug-likeness (QED) is 0.496. The maximum atomic E-state index is 12.9. The molecule has 0 atom stereocenters. The van der Waals surface area contributed by atoms with Gasteiger partial charge in [0.1, 0.15) is 17.0 Å². The summed E-state index contributed by atoms with van der Waals surface area (Å²) >= 11 is 6.72. The van der Waals surface area contributed by atoms with Gasteiger partial charge in [-0.3, -0.25) is 4.98 Å². The van der Waals surface area contributed by atoms with E-state index in [2.05, 4.69) is 9.97 Å². The van der Waals surface area contributed by atoms with Crippen molar-refractivity contribution in [2.45, 2.75) is 5.03 Å². The van der Waals surface area contributed by atoms with Gasteiger partial charge >= 0.3 is 0 Å². The second-order valence-electron chi connectivity index (χ2n) is 3.52. The molecule has 0 bridgehead atoms. The van der Waals surface area contributed by atoms with Gasteiger partial charge in [-0.2, -0.15) is 0 Å². The standard InChI is InChI=1S/C12H7FN2S2/c13-8-3-1-7(2-4-8)9-5-17-12-10(9)11(16)14-6-15-12/h1-6H,(H,14,15,16)/p-1. The third kappa shape index (κ3) is 1.77. The first-order valence-corrected chi connectivity index (χ1v) is 6.19. The topological polar surface area (TPSA) is 25.8 Å². The number of benzene rings is 1. The van der Waals surface area contributed by atoms with Crippen LogP contribution in [0.25, 0.3) is 21.3 Å². The number of aromatic nitrogens is 2. The Morgan fingerprint density at radius 2 is 1.88 bits per heavy atom. The molecule has 0 amide bonds. The van der Waals surface area contributed by atoms with Gasteiger partial charge in [0.25, 0.3) is 0 Å². The summed E-state index contributed by atoms with van der Waals surface area (Å²) in [6, 6.07) is 6.34. The summed E-state index contributed by atoms with van der Waals surface area (Å²) in [7, 11) is 0. The molecule has 0 saturated carbocycles. The summed E-state index contributed by atoms with van der Waals surface area (Å²) in [6.07, 6.45) is 1.47. The van der Waals surface area contributed by atoms with Crippen molar-refractivity contribution in [3.8, 4) is 11.1 Å². The lowest BCUT2D eigenvalue weighted by Gasteiger charge is -2.07. The van der Waals surface area contributed by atoms with Crippen molar-refractivity contribution in [1.29, 1.82) is 0 Å². The van der Waals surface area contributed by atoms with E-state index in [4.69, 9.17) is 12.6 Å². The van der Waals surface area contributed by atoms with Crippen molar-refractivity contribution in [2.75, 3.05) is 0 Å². The fourth-order valence-corrected chi connectivity index (χ4v) is 2.92. The molecule has 0 aliphatic rings. The van der Waals surface area contributed by atoms with Gasteiger partial charge in [0.05, 0.1) is 0 Å². The van der Waals surface area contributed by atoms with E-state index < -0.39 is 0 Å². The average molecular weight is 261 g/mol. The summed E-state index contributed by atoms with van der Waals surface area (Å²) in [5, 5.41) is 3.39. The summed E-state index contributed by atoms with van der Waals surface area (Å²) < 4.78 is 12.9. The second kappa shape index (κ2) is 4.01. The number of hydrogen-bond acceptors (Lipinski definition) is 4. The molecule has 0 spiro atoms. The van der Waals surface area contributed by atoms with E-state index in [1.54, 1.807) is 12.1 Å². The van der Waals surface area contributed by atoms with Crippen LogP contribution in [0.1, 0.15) is 0 Å². The molecule has 2 nitrogen and oxygen atoms in total. The smallest absolute Gasteiger partial charge is 0.125 e. The Hall–Kier alpha value is -1.59. The Labute approximate surface area is 107 Å². The van der Waals surface area contributed by atoms with Crippen LogP contribution in [0.5, 0.6) is 0 Å². The van der Waals surface area contributed by atoms with Crippen LogP contribution < -0.4 is 0 Å². The molecule has 2 heterocycles. The zero-order valence-electron chi connectivity index (χ0n) is 8.55. The number of halogens is 1. The summed E-state index contributed by atoms with van der Waals surface area (Å²) in [5.74, 6) is -0.247. The van der Waals surface area contributed by atoms with Gasteiger partial charge in [0.15, 0.2) is 0 Å². The molecule has 0 radical (unpaired) electrons. The highest BCUT2D eigenvalue weighted by Gasteiger charge is 2.07. The van der Waals surface area contributed by atoms with E-state index in [0.717, 1.165) is 21.3 Å². The highest BCUT2D eigenvalue weighted by Crippen LogP contribution is 2.34. The Balaban J connectivity index is 2.27. The minimum Gasteiger partial charge on any atom is -0.759 e. The largest absolute Gasteiger partial charge is 0.759 e. The van der Waals surface area contributed by atoms with Crippen LogP contribution in [-0.2, 0) is 12.6 Å². The zero-order chi connectivity index (χ0) is 11.8. The Bertz CT molecular complexity index is 677. The fourth-order valence-electron chi connectivity index (χ4n) is 1.69. The molecule has 2 aromatic heterocycles. The van der Waals surface area contributed by atoms with Crippen molar-refractivity contribution in [3.63, 3.8) is 0 Å². The Kier molecular flexibility index (Phi) is 2.49. The molecule has 84 valence electrons. The molecule has 0 saturated heterocycles. The third-order valence-corrected chi connectivity index (χ3v) is 3.69. The first-order valence-electron chi connectivity index (χ1n) is 4.91. The van der Waals surface area contributed by atoms with Crippen molar-refractivity contribution < 1.29 is 4.39 Å². The van der Waals surface area contributed by atoms with Crippen molar-refractivity contribution in [2.24, 2.45) is 0 Å². The van der Waals surface area contributed by atoms with Crippen molar-refractivity contribution in [3.05, 3.63) is 41.8 Å². The first-order chi connectivity index (χ1) is 8.25. The van der Waals surface area contributed by atoms with E-state index in [0.29, 0.717) is 5.03 Å². The monoisotopic (exact) mass is 261 g/mol. The van der Waals surface area contributed by atoms with Crippen LogP contribution in [0.4, 0.5) is 4.39 Å². The number of thiophene rings is 1. The highest BCUT2D eigenvalue weighted by molar-refractivity contribution is 7.59. The maximum absolute atomic E-state index is 12.9. The number of rotatable bonds is 1. The van der Waals surface area contributed by atoms with Crippen LogP contribution in [0.15, 0.2) is 41.0 Å². The van der Waals surface area contributed by atoms with Crippen molar-refractivity contribution in [1.82, 2.24) is 9.97 Å². The van der Waals surface area contributed by atoms with Gasteiger partial charge < -0.3 is 12.6 Å². The van der Waals surface area contributed by atoms with Crippen LogP contribution in [-0.4, -0.2) is 9.97 Å². The van der Waals surface area contributed by atoms with Gasteiger partial charge in [-0.25, -0.2) is 9.37 Å². The predicted octanol–water partition coefficient (Wildman–Crippen LogP) is 3.40. The molecule has 3 aromatic rings. The third-order valence-electron chi connectivity index (χ3n) is 2.49. The molecular weight excluding hydrogens is 255 g/mol. The van der Waals surface area contributed by atoms with Crippen molar-refractivity contribution >= 4 is 34.2 Å². The van der Waals surface area contributed by atoms with Crippen LogP contribution in [0, 0.1) is 5.82 Å². The predicted molar refractivity (Wildman–Crippen MR) is 68.4 cm³/mol. The number of hydrogen-bond donors (Lipinski definition) is 0. The van der Waals surface area contributed by atoms with Gasteiger partial charge in [-0.05, 0) is 17.7 Å². The van der Waals surface area contributed by atoms with E-state index in [1.165, 1.54) is 29.8 Å². The van der Waals surface area contributed by atoms with Gasteiger partial charge in [0, 0.05) is 16.3 Å². The Morgan fingerprint density at radius 3 is 2.65 bits per heavy atom. The molecular formula is C12H6FN2S2-. The van der Waals surface area contributed by atoms with Gasteiger partial charge in [-0.1, -0.05) is 17.2 Å². The highest BCUT2D eigenvalue weighted by atomic mass is 32.1. The minimum atomic E-state index is -0.247. The Morgan fingerprint density at radius 1 is 1.12 bits per heavy atom. The summed E-state index contributed by atoms with van der Waals surface area (Å²) in [4.78, 5) is 9.06. The lowest BCUT2D eigenvalue weighted by molar-refractivity contribution is 0.628. The lowest BCUT2D eigenvalue weighted by Crippen LogP contribution is -1.85. The van der Waals surface area contributed by atoms with Gasteiger partial charge in [-0.15, -0.1) is 11.3 Å². The van der Waals surface area contributed by atoms with Crippen LogP contribution in [0.2, 0.25) is 0 Å². The minimum absolute atomic E-state index is 0.247. The van der Waals surface area contributed by atoms with Gasteiger partial charge in [0.2, 0.25) is 0 Å². The van der Waals surface area contributed by atoms with Crippen LogP contribution >= 0.6 is 11.3 Å². The van der Waals surface area contributed by atoms with E-state index in [1.807, 2.05) is 5.38 Å².